The standard InChI is InChI=1S/C24H21Cl3N2O3/c1-15-10-16(25)6-8-22(15)31-13-18(30)12-29-21-5-3-2-4-20(21)28-24(29)14-32-23-9-7-17(26)11-19(23)27/h2-11,18,30H,12-14H2,1H3. The second kappa shape index (κ2) is 10.0. The SMILES string of the molecule is Cc1cc(Cl)ccc1OCC(O)Cn1c(COc2ccc(Cl)cc2Cl)nc2ccccc21. The number of aryl methyl sites for hydroxylation is 1. The van der Waals surface area contributed by atoms with Gasteiger partial charge in [-0.3, -0.25) is 0 Å². The van der Waals surface area contributed by atoms with E-state index in [0.29, 0.717) is 38.9 Å². The zero-order valence-electron chi connectivity index (χ0n) is 17.3. The van der Waals surface area contributed by atoms with E-state index >= 15 is 0 Å². The van der Waals surface area contributed by atoms with E-state index < -0.39 is 6.10 Å². The molecule has 1 aromatic heterocycles. The van der Waals surface area contributed by atoms with E-state index in [1.54, 1.807) is 30.3 Å². The first-order valence-electron chi connectivity index (χ1n) is 9.99. The van der Waals surface area contributed by atoms with Gasteiger partial charge < -0.3 is 19.1 Å². The number of hydrogen-bond donors (Lipinski definition) is 1. The van der Waals surface area contributed by atoms with Crippen molar-refractivity contribution in [2.45, 2.75) is 26.2 Å². The van der Waals surface area contributed by atoms with Crippen LogP contribution in [0.15, 0.2) is 60.7 Å². The van der Waals surface area contributed by atoms with Gasteiger partial charge in [0.2, 0.25) is 0 Å². The molecule has 0 bridgehead atoms. The minimum absolute atomic E-state index is 0.123. The van der Waals surface area contributed by atoms with E-state index in [1.807, 2.05) is 41.8 Å². The molecule has 0 fully saturated rings. The Kier molecular flexibility index (Phi) is 7.11. The number of aliphatic hydroxyl groups excluding tert-OH is 1. The van der Waals surface area contributed by atoms with Crippen LogP contribution in [0.2, 0.25) is 15.1 Å². The molecule has 32 heavy (non-hydrogen) atoms. The molecule has 0 spiro atoms. The molecule has 5 nitrogen and oxygen atoms in total. The minimum Gasteiger partial charge on any atom is -0.491 e. The smallest absolute Gasteiger partial charge is 0.148 e. The first kappa shape index (κ1) is 22.7. The lowest BCUT2D eigenvalue weighted by atomic mass is 10.2. The number of benzene rings is 3. The summed E-state index contributed by atoms with van der Waals surface area (Å²) >= 11 is 18.2. The first-order valence-corrected chi connectivity index (χ1v) is 11.1. The van der Waals surface area contributed by atoms with Crippen molar-refractivity contribution < 1.29 is 14.6 Å². The van der Waals surface area contributed by atoms with Crippen LogP contribution in [-0.4, -0.2) is 27.4 Å². The van der Waals surface area contributed by atoms with Gasteiger partial charge in [0.25, 0.3) is 0 Å². The van der Waals surface area contributed by atoms with Crippen LogP contribution in [0.1, 0.15) is 11.4 Å². The number of rotatable bonds is 8. The van der Waals surface area contributed by atoms with Crippen molar-refractivity contribution in [3.8, 4) is 11.5 Å². The number of aliphatic hydroxyl groups is 1. The summed E-state index contributed by atoms with van der Waals surface area (Å²) in [5.74, 6) is 1.86. The number of ether oxygens (including phenoxy) is 2. The number of fused-ring (bicyclic) bond motifs is 1. The van der Waals surface area contributed by atoms with Crippen molar-refractivity contribution in [1.29, 1.82) is 0 Å². The Morgan fingerprint density at radius 3 is 2.41 bits per heavy atom. The van der Waals surface area contributed by atoms with Gasteiger partial charge in [-0.2, -0.15) is 0 Å². The van der Waals surface area contributed by atoms with Crippen molar-refractivity contribution in [3.63, 3.8) is 0 Å². The highest BCUT2D eigenvalue weighted by atomic mass is 35.5. The molecule has 0 aliphatic carbocycles. The maximum atomic E-state index is 10.7. The number of para-hydroxylation sites is 2. The van der Waals surface area contributed by atoms with Crippen LogP contribution in [0.5, 0.6) is 11.5 Å². The summed E-state index contributed by atoms with van der Waals surface area (Å²) in [7, 11) is 0. The van der Waals surface area contributed by atoms with Gasteiger partial charge in [-0.15, -0.1) is 0 Å². The maximum absolute atomic E-state index is 10.7. The number of nitrogens with zero attached hydrogens (tertiary/aromatic N) is 2. The third kappa shape index (κ3) is 5.30. The Hall–Kier alpha value is -2.44. The molecule has 0 radical (unpaired) electrons. The molecular formula is C24H21Cl3N2O3. The van der Waals surface area contributed by atoms with Gasteiger partial charge in [0.05, 0.1) is 22.6 Å². The predicted octanol–water partition coefficient (Wildman–Crippen LogP) is 6.32. The van der Waals surface area contributed by atoms with Crippen molar-refractivity contribution in [1.82, 2.24) is 9.55 Å². The molecule has 1 atom stereocenters. The molecule has 8 heteroatoms. The van der Waals surface area contributed by atoms with Crippen LogP contribution in [0, 0.1) is 6.92 Å². The third-order valence-electron chi connectivity index (χ3n) is 4.95. The molecule has 4 aromatic rings. The van der Waals surface area contributed by atoms with Gasteiger partial charge in [0, 0.05) is 10.0 Å². The largest absolute Gasteiger partial charge is 0.491 e. The molecule has 3 aromatic carbocycles. The molecule has 0 aliphatic heterocycles. The fraction of sp³-hybridized carbons (Fsp3) is 0.208. The van der Waals surface area contributed by atoms with Crippen LogP contribution in [0.4, 0.5) is 0 Å². The van der Waals surface area contributed by atoms with E-state index in [-0.39, 0.29) is 13.2 Å². The summed E-state index contributed by atoms with van der Waals surface area (Å²) in [5.41, 5.74) is 2.62. The van der Waals surface area contributed by atoms with Crippen molar-refractivity contribution in [2.24, 2.45) is 0 Å². The average molecular weight is 492 g/mol. The van der Waals surface area contributed by atoms with Gasteiger partial charge in [-0.25, -0.2) is 4.98 Å². The lowest BCUT2D eigenvalue weighted by Crippen LogP contribution is -2.25. The molecule has 1 N–H and O–H groups in total. The summed E-state index contributed by atoms with van der Waals surface area (Å²) in [6.07, 6.45) is -0.763. The number of aromatic nitrogens is 2. The van der Waals surface area contributed by atoms with Gasteiger partial charge in [0.1, 0.15) is 36.6 Å². The van der Waals surface area contributed by atoms with Crippen LogP contribution >= 0.6 is 34.8 Å². The third-order valence-corrected chi connectivity index (χ3v) is 5.71. The lowest BCUT2D eigenvalue weighted by Gasteiger charge is -2.17. The van der Waals surface area contributed by atoms with E-state index in [4.69, 9.17) is 44.3 Å². The number of imidazole rings is 1. The maximum Gasteiger partial charge on any atom is 0.148 e. The molecule has 1 heterocycles. The highest BCUT2D eigenvalue weighted by molar-refractivity contribution is 6.35. The Balaban J connectivity index is 1.50. The summed E-state index contributed by atoms with van der Waals surface area (Å²) < 4.78 is 13.6. The first-order chi connectivity index (χ1) is 15.4. The molecule has 0 saturated carbocycles. The normalized spacial score (nSPS) is 12.2. The summed E-state index contributed by atoms with van der Waals surface area (Å²) in [4.78, 5) is 4.67. The number of halogens is 3. The van der Waals surface area contributed by atoms with Crippen molar-refractivity contribution in [2.75, 3.05) is 6.61 Å². The highest BCUT2D eigenvalue weighted by Gasteiger charge is 2.16. The zero-order chi connectivity index (χ0) is 22.7. The summed E-state index contributed by atoms with van der Waals surface area (Å²) in [5, 5.41) is 12.3. The second-order valence-corrected chi connectivity index (χ2v) is 8.65. The molecule has 166 valence electrons. The molecule has 0 saturated heterocycles. The topological polar surface area (TPSA) is 56.5 Å². The van der Waals surface area contributed by atoms with Crippen LogP contribution in [-0.2, 0) is 13.2 Å². The van der Waals surface area contributed by atoms with Crippen molar-refractivity contribution in [3.05, 3.63) is 87.1 Å². The zero-order valence-corrected chi connectivity index (χ0v) is 19.5. The van der Waals surface area contributed by atoms with Crippen LogP contribution in [0.25, 0.3) is 11.0 Å². The molecule has 4 rings (SSSR count). The van der Waals surface area contributed by atoms with E-state index in [2.05, 4.69) is 4.98 Å². The fourth-order valence-electron chi connectivity index (χ4n) is 3.40. The number of hydrogen-bond acceptors (Lipinski definition) is 4. The van der Waals surface area contributed by atoms with Gasteiger partial charge in [-0.05, 0) is 61.0 Å². The van der Waals surface area contributed by atoms with Crippen LogP contribution in [0.3, 0.4) is 0 Å². The highest BCUT2D eigenvalue weighted by Crippen LogP contribution is 2.29. The monoisotopic (exact) mass is 490 g/mol. The van der Waals surface area contributed by atoms with Gasteiger partial charge in [-0.1, -0.05) is 46.9 Å². The lowest BCUT2D eigenvalue weighted by molar-refractivity contribution is 0.0914. The van der Waals surface area contributed by atoms with Crippen molar-refractivity contribution >= 4 is 45.8 Å². The van der Waals surface area contributed by atoms with E-state index in [1.165, 1.54) is 0 Å². The average Bonchev–Trinajstić information content (AvgIpc) is 3.10. The van der Waals surface area contributed by atoms with E-state index in [0.717, 1.165) is 16.6 Å². The molecule has 0 aliphatic rings. The summed E-state index contributed by atoms with van der Waals surface area (Å²) in [6.45, 7) is 2.51. The Morgan fingerprint density at radius 2 is 1.66 bits per heavy atom. The molecular weight excluding hydrogens is 471 g/mol. The minimum atomic E-state index is -0.763. The van der Waals surface area contributed by atoms with Gasteiger partial charge in [0.15, 0.2) is 0 Å². The fourth-order valence-corrected chi connectivity index (χ4v) is 4.09. The molecule has 1 unspecified atom stereocenters. The van der Waals surface area contributed by atoms with Gasteiger partial charge >= 0.3 is 0 Å². The Bertz CT molecular complexity index is 1240. The quantitative estimate of drug-likeness (QED) is 0.313. The van der Waals surface area contributed by atoms with E-state index in [9.17, 15) is 5.11 Å². The Labute approximate surface area is 201 Å². The predicted molar refractivity (Wildman–Crippen MR) is 128 cm³/mol. The Morgan fingerprint density at radius 1 is 0.938 bits per heavy atom. The second-order valence-electron chi connectivity index (χ2n) is 7.37. The summed E-state index contributed by atoms with van der Waals surface area (Å²) in [6, 6.07) is 18.2. The van der Waals surface area contributed by atoms with Crippen LogP contribution < -0.4 is 9.47 Å². The molecule has 0 amide bonds.